The van der Waals surface area contributed by atoms with Crippen molar-refractivity contribution in [2.45, 2.75) is 26.8 Å². The maximum absolute atomic E-state index is 5.49. The zero-order valence-electron chi connectivity index (χ0n) is 11.8. The smallest absolute Gasteiger partial charge is 0.126 e. The molecule has 1 rings (SSSR count). The number of nitrogens with two attached hydrogens (primary N) is 1. The van der Waals surface area contributed by atoms with Crippen molar-refractivity contribution in [1.82, 2.24) is 5.32 Å². The second kappa shape index (κ2) is 7.24. The highest BCUT2D eigenvalue weighted by molar-refractivity contribution is 5.52. The fraction of sp³-hybridized carbons (Fsp3) is 0.571. The van der Waals surface area contributed by atoms with Crippen LogP contribution in [0.4, 0.5) is 0 Å². The Kier molecular flexibility index (Phi) is 5.95. The first kappa shape index (κ1) is 14.8. The zero-order chi connectivity index (χ0) is 13.5. The normalized spacial score (nSPS) is 10.5. The maximum atomic E-state index is 5.49. The Hall–Kier alpha value is -1.26. The van der Waals surface area contributed by atoms with Gasteiger partial charge in [0, 0.05) is 12.1 Å². The first-order valence-electron chi connectivity index (χ1n) is 6.27. The van der Waals surface area contributed by atoms with E-state index in [1.165, 1.54) is 0 Å². The average molecular weight is 252 g/mol. The summed E-state index contributed by atoms with van der Waals surface area (Å²) in [6.45, 7) is 6.48. The molecule has 0 spiro atoms. The fourth-order valence-corrected chi connectivity index (χ4v) is 2.01. The van der Waals surface area contributed by atoms with Crippen LogP contribution in [-0.2, 0) is 6.54 Å². The van der Waals surface area contributed by atoms with Gasteiger partial charge in [0.2, 0.25) is 0 Å². The van der Waals surface area contributed by atoms with E-state index in [9.17, 15) is 0 Å². The van der Waals surface area contributed by atoms with Crippen LogP contribution in [0.1, 0.15) is 23.1 Å². The predicted octanol–water partition coefficient (Wildman–Crippen LogP) is 1.76. The summed E-state index contributed by atoms with van der Waals surface area (Å²) in [6.07, 6.45) is 0.976. The molecule has 4 heteroatoms. The van der Waals surface area contributed by atoms with E-state index < -0.39 is 0 Å². The quantitative estimate of drug-likeness (QED) is 0.726. The second-order valence-electron chi connectivity index (χ2n) is 4.34. The van der Waals surface area contributed by atoms with Gasteiger partial charge in [0.15, 0.2) is 0 Å². The molecule has 0 saturated heterocycles. The van der Waals surface area contributed by atoms with Crippen molar-refractivity contribution in [2.75, 3.05) is 27.3 Å². The topological polar surface area (TPSA) is 56.5 Å². The van der Waals surface area contributed by atoms with Crippen molar-refractivity contribution in [2.24, 2.45) is 5.73 Å². The third-order valence-corrected chi connectivity index (χ3v) is 3.17. The maximum Gasteiger partial charge on any atom is 0.126 e. The Labute approximate surface area is 109 Å². The van der Waals surface area contributed by atoms with Crippen LogP contribution in [0.25, 0.3) is 0 Å². The minimum Gasteiger partial charge on any atom is -0.496 e. The molecule has 0 aliphatic heterocycles. The number of ether oxygens (including phenoxy) is 2. The van der Waals surface area contributed by atoms with Crippen molar-refractivity contribution in [3.8, 4) is 11.5 Å². The van der Waals surface area contributed by atoms with E-state index in [0.29, 0.717) is 6.54 Å². The van der Waals surface area contributed by atoms with E-state index in [0.717, 1.165) is 47.7 Å². The van der Waals surface area contributed by atoms with Gasteiger partial charge in [0.05, 0.1) is 14.2 Å². The molecular formula is C14H24N2O2. The summed E-state index contributed by atoms with van der Waals surface area (Å²) < 4.78 is 10.9. The predicted molar refractivity (Wildman–Crippen MR) is 74.4 cm³/mol. The van der Waals surface area contributed by atoms with Crippen molar-refractivity contribution in [3.05, 3.63) is 22.8 Å². The van der Waals surface area contributed by atoms with Crippen LogP contribution >= 0.6 is 0 Å². The molecule has 3 N–H and O–H groups in total. The van der Waals surface area contributed by atoms with Gasteiger partial charge in [-0.2, -0.15) is 0 Å². The number of hydrogen-bond acceptors (Lipinski definition) is 4. The Morgan fingerprint density at radius 2 is 1.89 bits per heavy atom. The summed E-state index contributed by atoms with van der Waals surface area (Å²) in [6, 6.07) is 2.04. The van der Waals surface area contributed by atoms with Crippen molar-refractivity contribution < 1.29 is 9.47 Å². The molecule has 0 saturated carbocycles. The van der Waals surface area contributed by atoms with Gasteiger partial charge in [-0.15, -0.1) is 0 Å². The molecule has 0 fully saturated rings. The standard InChI is InChI=1S/C14H24N2O2/c1-10-11(2)14(18-4)12(8-13(10)17-3)9-16-7-5-6-15/h8,16H,5-7,9,15H2,1-4H3. The first-order chi connectivity index (χ1) is 8.65. The van der Waals surface area contributed by atoms with E-state index in [1.807, 2.05) is 13.0 Å². The SMILES string of the molecule is COc1cc(CNCCCN)c(OC)c(C)c1C. The van der Waals surface area contributed by atoms with E-state index in [-0.39, 0.29) is 0 Å². The molecule has 0 aromatic heterocycles. The van der Waals surface area contributed by atoms with Gasteiger partial charge in [-0.05, 0) is 50.6 Å². The molecule has 0 heterocycles. The van der Waals surface area contributed by atoms with Crippen molar-refractivity contribution >= 4 is 0 Å². The minimum absolute atomic E-state index is 0.709. The number of benzene rings is 1. The van der Waals surface area contributed by atoms with Crippen LogP contribution < -0.4 is 20.5 Å². The Balaban J connectivity index is 2.91. The third-order valence-electron chi connectivity index (χ3n) is 3.17. The van der Waals surface area contributed by atoms with Gasteiger partial charge in [0.1, 0.15) is 11.5 Å². The van der Waals surface area contributed by atoms with Crippen LogP contribution in [0, 0.1) is 13.8 Å². The highest BCUT2D eigenvalue weighted by Crippen LogP contribution is 2.33. The summed E-state index contributed by atoms with van der Waals surface area (Å²) >= 11 is 0. The Morgan fingerprint density at radius 3 is 2.44 bits per heavy atom. The van der Waals surface area contributed by atoms with E-state index in [4.69, 9.17) is 15.2 Å². The molecule has 18 heavy (non-hydrogen) atoms. The van der Waals surface area contributed by atoms with Crippen molar-refractivity contribution in [1.29, 1.82) is 0 Å². The summed E-state index contributed by atoms with van der Waals surface area (Å²) in [5, 5.41) is 3.36. The summed E-state index contributed by atoms with van der Waals surface area (Å²) in [5.74, 6) is 1.84. The average Bonchev–Trinajstić information content (AvgIpc) is 2.38. The van der Waals surface area contributed by atoms with Crippen LogP contribution in [0.5, 0.6) is 11.5 Å². The fourth-order valence-electron chi connectivity index (χ4n) is 2.01. The van der Waals surface area contributed by atoms with Crippen LogP contribution in [-0.4, -0.2) is 27.3 Å². The van der Waals surface area contributed by atoms with Gasteiger partial charge in [0.25, 0.3) is 0 Å². The number of methoxy groups -OCH3 is 2. The monoisotopic (exact) mass is 252 g/mol. The lowest BCUT2D eigenvalue weighted by atomic mass is 10.0. The molecule has 4 nitrogen and oxygen atoms in total. The van der Waals surface area contributed by atoms with E-state index in [1.54, 1.807) is 14.2 Å². The number of hydrogen-bond donors (Lipinski definition) is 2. The lowest BCUT2D eigenvalue weighted by Crippen LogP contribution is -2.18. The largest absolute Gasteiger partial charge is 0.496 e. The molecule has 102 valence electrons. The van der Waals surface area contributed by atoms with Crippen LogP contribution in [0.2, 0.25) is 0 Å². The molecule has 0 radical (unpaired) electrons. The lowest BCUT2D eigenvalue weighted by Gasteiger charge is -2.17. The lowest BCUT2D eigenvalue weighted by molar-refractivity contribution is 0.392. The van der Waals surface area contributed by atoms with Gasteiger partial charge < -0.3 is 20.5 Å². The molecule has 0 amide bonds. The summed E-state index contributed by atoms with van der Waals surface area (Å²) in [4.78, 5) is 0. The van der Waals surface area contributed by atoms with Crippen LogP contribution in [0.15, 0.2) is 6.07 Å². The zero-order valence-corrected chi connectivity index (χ0v) is 11.8. The third kappa shape index (κ3) is 3.37. The van der Waals surface area contributed by atoms with Crippen LogP contribution in [0.3, 0.4) is 0 Å². The highest BCUT2D eigenvalue weighted by atomic mass is 16.5. The van der Waals surface area contributed by atoms with Gasteiger partial charge in [-0.25, -0.2) is 0 Å². The highest BCUT2D eigenvalue weighted by Gasteiger charge is 2.13. The molecule has 1 aromatic carbocycles. The summed E-state index contributed by atoms with van der Waals surface area (Å²) in [7, 11) is 3.40. The number of rotatable bonds is 7. The van der Waals surface area contributed by atoms with Gasteiger partial charge in [-0.1, -0.05) is 0 Å². The van der Waals surface area contributed by atoms with E-state index in [2.05, 4.69) is 12.2 Å². The van der Waals surface area contributed by atoms with Gasteiger partial charge in [-0.3, -0.25) is 0 Å². The van der Waals surface area contributed by atoms with Crippen molar-refractivity contribution in [3.63, 3.8) is 0 Å². The molecule has 0 atom stereocenters. The number of nitrogens with one attached hydrogen (secondary N) is 1. The Bertz CT molecular complexity index is 392. The first-order valence-corrected chi connectivity index (χ1v) is 6.27. The second-order valence-corrected chi connectivity index (χ2v) is 4.34. The molecule has 0 aliphatic carbocycles. The minimum atomic E-state index is 0.709. The van der Waals surface area contributed by atoms with Gasteiger partial charge >= 0.3 is 0 Å². The molecular weight excluding hydrogens is 228 g/mol. The molecule has 0 unspecified atom stereocenters. The molecule has 0 bridgehead atoms. The Morgan fingerprint density at radius 1 is 1.17 bits per heavy atom. The molecule has 0 aliphatic rings. The molecule has 1 aromatic rings. The summed E-state index contributed by atoms with van der Waals surface area (Å²) in [5.41, 5.74) is 8.85. The van der Waals surface area contributed by atoms with E-state index >= 15 is 0 Å².